The number of amides is 1. The Kier molecular flexibility index (Phi) is 3.37. The average Bonchev–Trinajstić information content (AvgIpc) is 2.33. The van der Waals surface area contributed by atoms with Gasteiger partial charge >= 0.3 is 0 Å². The number of carbonyl (C=O) groups excluding carboxylic acids is 1. The number of nitrogen functional groups attached to an aromatic ring is 1. The van der Waals surface area contributed by atoms with Crippen molar-refractivity contribution >= 4 is 17.3 Å². The fraction of sp³-hybridized carbons (Fsp3) is 0.0714. The molecule has 4 nitrogen and oxygen atoms in total. The van der Waals surface area contributed by atoms with Crippen LogP contribution in [0.1, 0.15) is 15.9 Å². The van der Waals surface area contributed by atoms with Crippen molar-refractivity contribution in [1.29, 1.82) is 0 Å². The first kappa shape index (κ1) is 12.9. The number of nitrogens with two attached hydrogens (primary N) is 1. The van der Waals surface area contributed by atoms with Crippen LogP contribution in [0.25, 0.3) is 0 Å². The summed E-state index contributed by atoms with van der Waals surface area (Å²) in [6.07, 6.45) is 0. The molecule has 0 aliphatic carbocycles. The highest BCUT2D eigenvalue weighted by Gasteiger charge is 2.16. The van der Waals surface area contributed by atoms with Crippen LogP contribution in [0.3, 0.4) is 0 Å². The predicted octanol–water partition coefficient (Wildman–Crippen LogP) is 2.67. The summed E-state index contributed by atoms with van der Waals surface area (Å²) < 4.78 is 13.5. The molecule has 2 aromatic rings. The zero-order valence-electron chi connectivity index (χ0n) is 10.3. The minimum atomic E-state index is -0.773. The van der Waals surface area contributed by atoms with Gasteiger partial charge in [0, 0.05) is 11.4 Å². The lowest BCUT2D eigenvalue weighted by Crippen LogP contribution is -2.14. The molecule has 0 aliphatic rings. The standard InChI is InChI=1S/C14H13FN2O2/c1-8-7-9(5-6-11(8)16)17-14(19)13-10(15)3-2-4-12(13)18/h2-7,18H,16H2,1H3,(H,17,19). The quantitative estimate of drug-likeness (QED) is 0.727. The first-order chi connectivity index (χ1) is 8.99. The highest BCUT2D eigenvalue weighted by atomic mass is 19.1. The summed E-state index contributed by atoms with van der Waals surface area (Å²) in [5, 5.41) is 12.0. The van der Waals surface area contributed by atoms with Crippen LogP contribution < -0.4 is 11.1 Å². The molecule has 1 amide bonds. The number of anilines is 2. The number of carbonyl (C=O) groups is 1. The number of benzene rings is 2. The van der Waals surface area contributed by atoms with Crippen LogP contribution in [-0.4, -0.2) is 11.0 Å². The van der Waals surface area contributed by atoms with E-state index in [2.05, 4.69) is 5.32 Å². The van der Waals surface area contributed by atoms with Crippen LogP contribution in [0.5, 0.6) is 5.75 Å². The number of hydrogen-bond donors (Lipinski definition) is 3. The first-order valence-corrected chi connectivity index (χ1v) is 5.64. The highest BCUT2D eigenvalue weighted by molar-refractivity contribution is 6.06. The summed E-state index contributed by atoms with van der Waals surface area (Å²) in [6.45, 7) is 1.80. The third-order valence-corrected chi connectivity index (χ3v) is 2.75. The number of rotatable bonds is 2. The topological polar surface area (TPSA) is 75.3 Å². The van der Waals surface area contributed by atoms with Crippen molar-refractivity contribution in [3.63, 3.8) is 0 Å². The lowest BCUT2D eigenvalue weighted by atomic mass is 10.1. The van der Waals surface area contributed by atoms with Crippen LogP contribution >= 0.6 is 0 Å². The molecule has 2 aromatic carbocycles. The van der Waals surface area contributed by atoms with Gasteiger partial charge in [-0.05, 0) is 42.8 Å². The van der Waals surface area contributed by atoms with Gasteiger partial charge in [0.05, 0.1) is 0 Å². The van der Waals surface area contributed by atoms with Crippen LogP contribution in [0, 0.1) is 12.7 Å². The van der Waals surface area contributed by atoms with Crippen molar-refractivity contribution in [2.24, 2.45) is 0 Å². The summed E-state index contributed by atoms with van der Waals surface area (Å²) in [6, 6.07) is 8.62. The molecule has 0 atom stereocenters. The van der Waals surface area contributed by atoms with Gasteiger partial charge in [0.25, 0.3) is 5.91 Å². The van der Waals surface area contributed by atoms with Crippen molar-refractivity contribution in [1.82, 2.24) is 0 Å². The molecule has 98 valence electrons. The monoisotopic (exact) mass is 260 g/mol. The van der Waals surface area contributed by atoms with Crippen LogP contribution in [-0.2, 0) is 0 Å². The van der Waals surface area contributed by atoms with E-state index in [-0.39, 0.29) is 5.56 Å². The number of nitrogens with one attached hydrogen (secondary N) is 1. The molecule has 0 aliphatic heterocycles. The van der Waals surface area contributed by atoms with Gasteiger partial charge in [-0.1, -0.05) is 6.07 Å². The van der Waals surface area contributed by atoms with E-state index in [1.807, 2.05) is 0 Å². The van der Waals surface area contributed by atoms with E-state index >= 15 is 0 Å². The lowest BCUT2D eigenvalue weighted by molar-refractivity contribution is 0.102. The Morgan fingerprint density at radius 3 is 2.68 bits per heavy atom. The second-order valence-corrected chi connectivity index (χ2v) is 4.16. The molecule has 4 N–H and O–H groups in total. The summed E-state index contributed by atoms with van der Waals surface area (Å²) in [5.74, 6) is -1.88. The zero-order chi connectivity index (χ0) is 14.0. The van der Waals surface area contributed by atoms with Crippen molar-refractivity contribution in [2.45, 2.75) is 6.92 Å². The van der Waals surface area contributed by atoms with Gasteiger partial charge in [0.1, 0.15) is 17.1 Å². The summed E-state index contributed by atoms with van der Waals surface area (Å²) >= 11 is 0. The number of aryl methyl sites for hydroxylation is 1. The molecule has 0 bridgehead atoms. The minimum absolute atomic E-state index is 0.378. The van der Waals surface area contributed by atoms with Gasteiger partial charge in [0.2, 0.25) is 0 Å². The highest BCUT2D eigenvalue weighted by Crippen LogP contribution is 2.22. The SMILES string of the molecule is Cc1cc(NC(=O)c2c(O)cccc2F)ccc1N. The van der Waals surface area contributed by atoms with Gasteiger partial charge in [-0.15, -0.1) is 0 Å². The summed E-state index contributed by atoms with van der Waals surface area (Å²) in [7, 11) is 0. The molecule has 0 heterocycles. The molecule has 0 spiro atoms. The molecule has 0 saturated heterocycles. The largest absolute Gasteiger partial charge is 0.507 e. The van der Waals surface area contributed by atoms with E-state index in [1.54, 1.807) is 25.1 Å². The van der Waals surface area contributed by atoms with E-state index in [1.165, 1.54) is 12.1 Å². The van der Waals surface area contributed by atoms with Gasteiger partial charge in [-0.2, -0.15) is 0 Å². The van der Waals surface area contributed by atoms with Gasteiger partial charge in [-0.25, -0.2) is 4.39 Å². The molecule has 0 aromatic heterocycles. The smallest absolute Gasteiger partial charge is 0.262 e. The number of aromatic hydroxyl groups is 1. The van der Waals surface area contributed by atoms with Crippen LogP contribution in [0.2, 0.25) is 0 Å². The number of phenols is 1. The third kappa shape index (κ3) is 2.65. The molecular formula is C14H13FN2O2. The van der Waals surface area contributed by atoms with Crippen LogP contribution in [0.4, 0.5) is 15.8 Å². The Morgan fingerprint density at radius 2 is 2.05 bits per heavy atom. The first-order valence-electron chi connectivity index (χ1n) is 5.64. The van der Waals surface area contributed by atoms with Crippen molar-refractivity contribution in [3.05, 3.63) is 53.3 Å². The fourth-order valence-electron chi connectivity index (χ4n) is 1.68. The second kappa shape index (κ2) is 4.97. The predicted molar refractivity (Wildman–Crippen MR) is 71.6 cm³/mol. The average molecular weight is 260 g/mol. The molecule has 0 unspecified atom stereocenters. The van der Waals surface area contributed by atoms with Gasteiger partial charge in [-0.3, -0.25) is 4.79 Å². The Balaban J connectivity index is 2.28. The Bertz CT molecular complexity index is 621. The van der Waals surface area contributed by atoms with E-state index in [0.29, 0.717) is 11.4 Å². The molecule has 2 rings (SSSR count). The number of hydrogen-bond acceptors (Lipinski definition) is 3. The molecular weight excluding hydrogens is 247 g/mol. The molecule has 0 fully saturated rings. The van der Waals surface area contributed by atoms with E-state index in [9.17, 15) is 14.3 Å². The number of halogens is 1. The minimum Gasteiger partial charge on any atom is -0.507 e. The normalized spacial score (nSPS) is 10.2. The van der Waals surface area contributed by atoms with Crippen molar-refractivity contribution in [2.75, 3.05) is 11.1 Å². The summed E-state index contributed by atoms with van der Waals surface area (Å²) in [5.41, 5.74) is 7.18. The molecule has 0 saturated carbocycles. The van der Waals surface area contributed by atoms with Crippen molar-refractivity contribution < 1.29 is 14.3 Å². The Labute approximate surface area is 109 Å². The van der Waals surface area contributed by atoms with Gasteiger partial charge < -0.3 is 16.2 Å². The molecule has 0 radical (unpaired) electrons. The number of phenolic OH excluding ortho intramolecular Hbond substituents is 1. The zero-order valence-corrected chi connectivity index (χ0v) is 10.3. The Hall–Kier alpha value is -2.56. The van der Waals surface area contributed by atoms with Gasteiger partial charge in [0.15, 0.2) is 0 Å². The molecule has 19 heavy (non-hydrogen) atoms. The lowest BCUT2D eigenvalue weighted by Gasteiger charge is -2.09. The van der Waals surface area contributed by atoms with Crippen molar-refractivity contribution in [3.8, 4) is 5.75 Å². The van der Waals surface area contributed by atoms with Crippen LogP contribution in [0.15, 0.2) is 36.4 Å². The van der Waals surface area contributed by atoms with E-state index < -0.39 is 17.5 Å². The maximum Gasteiger partial charge on any atom is 0.262 e. The maximum absolute atomic E-state index is 13.5. The second-order valence-electron chi connectivity index (χ2n) is 4.16. The molecule has 5 heteroatoms. The van der Waals surface area contributed by atoms with E-state index in [0.717, 1.165) is 11.6 Å². The summed E-state index contributed by atoms with van der Waals surface area (Å²) in [4.78, 5) is 11.9. The maximum atomic E-state index is 13.5. The Morgan fingerprint density at radius 1 is 1.32 bits per heavy atom. The van der Waals surface area contributed by atoms with E-state index in [4.69, 9.17) is 5.73 Å². The third-order valence-electron chi connectivity index (χ3n) is 2.75. The fourth-order valence-corrected chi connectivity index (χ4v) is 1.68.